The monoisotopic (exact) mass is 576 g/mol. The molecule has 1 unspecified atom stereocenters. The molecule has 4 rings (SSSR count). The van der Waals surface area contributed by atoms with Crippen molar-refractivity contribution in [2.75, 3.05) is 6.61 Å². The highest BCUT2D eigenvalue weighted by molar-refractivity contribution is 6.05. The van der Waals surface area contributed by atoms with Gasteiger partial charge in [0.2, 0.25) is 5.75 Å². The number of aliphatic hydroxyl groups is 1. The van der Waals surface area contributed by atoms with Gasteiger partial charge in [-0.3, -0.25) is 4.79 Å². The van der Waals surface area contributed by atoms with Gasteiger partial charge in [-0.25, -0.2) is 0 Å². The molecule has 3 aromatic rings. The van der Waals surface area contributed by atoms with Crippen LogP contribution in [0.3, 0.4) is 0 Å². The predicted molar refractivity (Wildman–Crippen MR) is 174 cm³/mol. The van der Waals surface area contributed by atoms with Gasteiger partial charge in [-0.1, -0.05) is 105 Å². The number of ether oxygens (including phenoxy) is 3. The molecule has 1 aliphatic carbocycles. The van der Waals surface area contributed by atoms with Crippen LogP contribution >= 0.6 is 0 Å². The van der Waals surface area contributed by atoms with Crippen molar-refractivity contribution < 1.29 is 24.1 Å². The number of hydrogen-bond donors (Lipinski definition) is 1. The van der Waals surface area contributed by atoms with Gasteiger partial charge in [-0.15, -0.1) is 6.58 Å². The van der Waals surface area contributed by atoms with E-state index in [2.05, 4.69) is 38.8 Å². The molecule has 0 spiro atoms. The van der Waals surface area contributed by atoms with Crippen LogP contribution in [0.1, 0.15) is 59.8 Å². The molecule has 5 nitrogen and oxygen atoms in total. The Hall–Kier alpha value is -4.61. The minimum Gasteiger partial charge on any atom is -0.485 e. The number of benzene rings is 3. The molecule has 0 heterocycles. The van der Waals surface area contributed by atoms with Crippen LogP contribution in [-0.2, 0) is 13.2 Å². The van der Waals surface area contributed by atoms with E-state index in [1.54, 1.807) is 24.3 Å². The number of hydrogen-bond acceptors (Lipinski definition) is 5. The van der Waals surface area contributed by atoms with Crippen LogP contribution in [0.2, 0.25) is 0 Å². The van der Waals surface area contributed by atoms with Gasteiger partial charge in [0.05, 0.1) is 5.56 Å². The Balaban J connectivity index is 1.71. The third-order valence-electron chi connectivity index (χ3n) is 7.42. The van der Waals surface area contributed by atoms with E-state index in [0.29, 0.717) is 11.5 Å². The third kappa shape index (κ3) is 8.02. The number of allylic oxidation sites excluding steroid dienone is 3. The lowest BCUT2D eigenvalue weighted by molar-refractivity contribution is 0.0483. The Morgan fingerprint density at radius 2 is 1.40 bits per heavy atom. The molecule has 0 saturated heterocycles. The van der Waals surface area contributed by atoms with E-state index in [1.165, 1.54) is 13.8 Å². The minimum atomic E-state index is -1.62. The fourth-order valence-corrected chi connectivity index (χ4v) is 4.46. The number of ketones is 1. The van der Waals surface area contributed by atoms with Crippen LogP contribution in [0.15, 0.2) is 110 Å². The summed E-state index contributed by atoms with van der Waals surface area (Å²) in [6.07, 6.45) is 12.5. The number of rotatable bonds is 14. The van der Waals surface area contributed by atoms with Gasteiger partial charge in [0.1, 0.15) is 25.4 Å². The van der Waals surface area contributed by atoms with Crippen molar-refractivity contribution in [2.45, 2.75) is 46.0 Å². The van der Waals surface area contributed by atoms with Crippen LogP contribution < -0.4 is 14.2 Å². The van der Waals surface area contributed by atoms with Gasteiger partial charge in [0.15, 0.2) is 17.3 Å². The van der Waals surface area contributed by atoms with E-state index in [9.17, 15) is 9.90 Å². The first kappa shape index (κ1) is 31.3. The second-order valence-electron chi connectivity index (χ2n) is 11.4. The van der Waals surface area contributed by atoms with Gasteiger partial charge >= 0.3 is 0 Å². The second-order valence-corrected chi connectivity index (χ2v) is 11.4. The third-order valence-corrected chi connectivity index (χ3v) is 7.42. The van der Waals surface area contributed by atoms with Crippen LogP contribution in [0.25, 0.3) is 12.2 Å². The van der Waals surface area contributed by atoms with Crippen molar-refractivity contribution in [3.63, 3.8) is 0 Å². The zero-order chi connectivity index (χ0) is 31.0. The first-order valence-electron chi connectivity index (χ1n) is 14.3. The molecule has 0 aromatic heterocycles. The standard InChI is InChI=1S/C38H40O5/c1-7-27-10-14-29(15-11-27)24-41-33-19-18-32(36(39)37(4,5)40)34(42-26-31-20-22-38(6,9-3)23-21-31)35(33)43-25-30-16-12-28(8-2)13-17-30/h7-22,40H,1-3,23-26H2,4-6H3. The molecule has 43 heavy (non-hydrogen) atoms. The quantitative estimate of drug-likeness (QED) is 0.154. The fourth-order valence-electron chi connectivity index (χ4n) is 4.46. The van der Waals surface area contributed by atoms with E-state index in [1.807, 2.05) is 60.7 Å². The number of carbonyl (C=O) groups is 1. The van der Waals surface area contributed by atoms with Crippen LogP contribution in [-0.4, -0.2) is 23.1 Å². The van der Waals surface area contributed by atoms with Crippen molar-refractivity contribution in [3.05, 3.63) is 138 Å². The van der Waals surface area contributed by atoms with Gasteiger partial charge in [-0.2, -0.15) is 0 Å². The highest BCUT2D eigenvalue weighted by atomic mass is 16.5. The number of carbonyl (C=O) groups excluding carboxylic acids is 1. The first-order valence-corrected chi connectivity index (χ1v) is 14.3. The maximum Gasteiger partial charge on any atom is 0.204 e. The SMILES string of the molecule is C=Cc1ccc(COc2ccc(C(=O)C(C)(C)O)c(OCC3=CCC(C)(C=C)C=C3)c2OCc2ccc(C=C)cc2)cc1. The zero-order valence-corrected chi connectivity index (χ0v) is 25.3. The van der Waals surface area contributed by atoms with Gasteiger partial charge in [0, 0.05) is 5.41 Å². The summed E-state index contributed by atoms with van der Waals surface area (Å²) < 4.78 is 19.0. The lowest BCUT2D eigenvalue weighted by Gasteiger charge is -2.25. The largest absolute Gasteiger partial charge is 0.485 e. The van der Waals surface area contributed by atoms with E-state index >= 15 is 0 Å². The van der Waals surface area contributed by atoms with Crippen molar-refractivity contribution >= 4 is 17.9 Å². The zero-order valence-electron chi connectivity index (χ0n) is 25.3. The van der Waals surface area contributed by atoms with E-state index in [4.69, 9.17) is 14.2 Å². The Labute approximate surface area is 255 Å². The summed E-state index contributed by atoms with van der Waals surface area (Å²) in [5, 5.41) is 10.7. The maximum absolute atomic E-state index is 13.4. The lowest BCUT2D eigenvalue weighted by atomic mass is 9.82. The summed E-state index contributed by atoms with van der Waals surface area (Å²) in [5.41, 5.74) is 3.32. The summed E-state index contributed by atoms with van der Waals surface area (Å²) in [4.78, 5) is 13.4. The molecule has 1 atom stereocenters. The van der Waals surface area contributed by atoms with Crippen LogP contribution in [0.5, 0.6) is 17.2 Å². The molecular formula is C38H40O5. The molecule has 0 saturated carbocycles. The summed E-state index contributed by atoms with van der Waals surface area (Å²) in [6, 6.07) is 19.0. The van der Waals surface area contributed by atoms with E-state index in [0.717, 1.165) is 34.2 Å². The lowest BCUT2D eigenvalue weighted by Crippen LogP contribution is -2.31. The maximum atomic E-state index is 13.4. The molecule has 0 radical (unpaired) electrons. The van der Waals surface area contributed by atoms with Crippen molar-refractivity contribution in [1.82, 2.24) is 0 Å². The van der Waals surface area contributed by atoms with Crippen molar-refractivity contribution in [3.8, 4) is 17.2 Å². The van der Waals surface area contributed by atoms with Gasteiger partial charge < -0.3 is 19.3 Å². The molecule has 0 fully saturated rings. The molecule has 1 N–H and O–H groups in total. The highest BCUT2D eigenvalue weighted by Gasteiger charge is 2.31. The van der Waals surface area contributed by atoms with Crippen LogP contribution in [0, 0.1) is 5.41 Å². The highest BCUT2D eigenvalue weighted by Crippen LogP contribution is 2.43. The van der Waals surface area contributed by atoms with Gasteiger partial charge in [0.25, 0.3) is 0 Å². The summed E-state index contributed by atoms with van der Waals surface area (Å²) in [6.45, 7) is 17.3. The Morgan fingerprint density at radius 3 is 1.88 bits per heavy atom. The summed E-state index contributed by atoms with van der Waals surface area (Å²) in [5.74, 6) is 0.453. The number of Topliss-reactive ketones (excluding diaryl/α,β-unsaturated/α-hetero) is 1. The molecule has 0 bridgehead atoms. The second kappa shape index (κ2) is 13.6. The van der Waals surface area contributed by atoms with Crippen LogP contribution in [0.4, 0.5) is 0 Å². The average molecular weight is 577 g/mol. The molecule has 222 valence electrons. The predicted octanol–water partition coefficient (Wildman–Crippen LogP) is 8.54. The molecule has 3 aromatic carbocycles. The average Bonchev–Trinajstić information content (AvgIpc) is 3.02. The smallest absolute Gasteiger partial charge is 0.204 e. The first-order chi connectivity index (χ1) is 20.5. The van der Waals surface area contributed by atoms with E-state index in [-0.39, 0.29) is 36.5 Å². The Bertz CT molecular complexity index is 1530. The van der Waals surface area contributed by atoms with Crippen molar-refractivity contribution in [2.24, 2.45) is 5.41 Å². The minimum absolute atomic E-state index is 0.113. The molecular weight excluding hydrogens is 536 g/mol. The van der Waals surface area contributed by atoms with Crippen molar-refractivity contribution in [1.29, 1.82) is 0 Å². The molecule has 0 amide bonds. The van der Waals surface area contributed by atoms with Gasteiger partial charge in [-0.05, 0) is 60.2 Å². The topological polar surface area (TPSA) is 65.0 Å². The summed E-state index contributed by atoms with van der Waals surface area (Å²) >= 11 is 0. The Kier molecular flexibility index (Phi) is 9.89. The Morgan fingerprint density at radius 1 is 0.837 bits per heavy atom. The fraction of sp³-hybridized carbons (Fsp3) is 0.237. The normalized spacial score (nSPS) is 16.1. The van der Waals surface area contributed by atoms with E-state index < -0.39 is 11.4 Å². The molecule has 1 aliphatic rings. The molecule has 0 aliphatic heterocycles. The summed E-state index contributed by atoms with van der Waals surface area (Å²) in [7, 11) is 0. The molecule has 5 heteroatoms.